The average molecular weight is 234 g/mol. The highest BCUT2D eigenvalue weighted by molar-refractivity contribution is 7.17. The van der Waals surface area contributed by atoms with Crippen molar-refractivity contribution in [3.05, 3.63) is 29.8 Å². The molecule has 0 saturated carbocycles. The van der Waals surface area contributed by atoms with Gasteiger partial charge in [0, 0.05) is 12.6 Å². The van der Waals surface area contributed by atoms with Crippen molar-refractivity contribution in [2.75, 3.05) is 0 Å². The zero-order valence-corrected chi connectivity index (χ0v) is 9.20. The van der Waals surface area contributed by atoms with Crippen LogP contribution in [0.15, 0.2) is 24.5 Å². The molecule has 6 heteroatoms. The molecule has 0 bridgehead atoms. The molecule has 16 heavy (non-hydrogen) atoms. The van der Waals surface area contributed by atoms with Gasteiger partial charge in [-0.1, -0.05) is 11.3 Å². The molecule has 2 aromatic heterocycles. The van der Waals surface area contributed by atoms with Crippen LogP contribution in [-0.2, 0) is 7.05 Å². The van der Waals surface area contributed by atoms with Gasteiger partial charge in [-0.15, -0.1) is 10.2 Å². The Labute approximate surface area is 94.4 Å². The molecular formula is C10H7FN4S. The molecule has 0 saturated heterocycles. The van der Waals surface area contributed by atoms with Crippen molar-refractivity contribution in [3.63, 3.8) is 0 Å². The van der Waals surface area contributed by atoms with Crippen LogP contribution in [0.4, 0.5) is 4.39 Å². The number of aromatic nitrogens is 4. The standard InChI is InChI=1S/C10H7FN4S/c1-15-5-12-14-9(15)6-2-3-8-7(4-6)13-10(11)16-8/h2-5H,1H3. The molecule has 4 nitrogen and oxygen atoms in total. The van der Waals surface area contributed by atoms with Gasteiger partial charge >= 0.3 is 0 Å². The molecule has 80 valence electrons. The van der Waals surface area contributed by atoms with Crippen LogP contribution < -0.4 is 0 Å². The summed E-state index contributed by atoms with van der Waals surface area (Å²) in [6, 6.07) is 5.56. The molecule has 0 atom stereocenters. The molecule has 0 N–H and O–H groups in total. The minimum atomic E-state index is -0.412. The van der Waals surface area contributed by atoms with Gasteiger partial charge in [-0.3, -0.25) is 0 Å². The van der Waals surface area contributed by atoms with Crippen molar-refractivity contribution < 1.29 is 4.39 Å². The molecule has 0 aliphatic rings. The highest BCUT2D eigenvalue weighted by Crippen LogP contribution is 2.25. The van der Waals surface area contributed by atoms with Crippen LogP contribution in [0.5, 0.6) is 0 Å². The van der Waals surface area contributed by atoms with E-state index in [1.54, 1.807) is 6.33 Å². The van der Waals surface area contributed by atoms with Crippen LogP contribution in [0.1, 0.15) is 0 Å². The molecule has 0 aliphatic carbocycles. The molecular weight excluding hydrogens is 227 g/mol. The van der Waals surface area contributed by atoms with Crippen LogP contribution in [0.2, 0.25) is 0 Å². The summed E-state index contributed by atoms with van der Waals surface area (Å²) in [6.45, 7) is 0. The molecule has 0 radical (unpaired) electrons. The summed E-state index contributed by atoms with van der Waals surface area (Å²) in [5, 5.41) is 7.39. The fraction of sp³-hybridized carbons (Fsp3) is 0.100. The van der Waals surface area contributed by atoms with Gasteiger partial charge in [-0.2, -0.15) is 4.39 Å². The minimum Gasteiger partial charge on any atom is -0.317 e. The third-order valence-corrected chi connectivity index (χ3v) is 3.16. The van der Waals surface area contributed by atoms with E-state index in [-0.39, 0.29) is 0 Å². The van der Waals surface area contributed by atoms with Crippen molar-refractivity contribution in [1.82, 2.24) is 19.7 Å². The lowest BCUT2D eigenvalue weighted by Crippen LogP contribution is -1.90. The number of fused-ring (bicyclic) bond motifs is 1. The lowest BCUT2D eigenvalue weighted by atomic mass is 10.2. The first-order valence-electron chi connectivity index (χ1n) is 4.64. The molecule has 0 amide bonds. The maximum atomic E-state index is 12.9. The summed E-state index contributed by atoms with van der Waals surface area (Å²) in [5.41, 5.74) is 1.54. The third-order valence-electron chi connectivity index (χ3n) is 2.33. The Bertz CT molecular complexity index is 658. The van der Waals surface area contributed by atoms with E-state index in [2.05, 4.69) is 15.2 Å². The number of benzene rings is 1. The third kappa shape index (κ3) is 1.38. The van der Waals surface area contributed by atoms with Crippen LogP contribution in [0, 0.1) is 5.26 Å². The summed E-state index contributed by atoms with van der Waals surface area (Å²) in [5.74, 6) is 0.746. The van der Waals surface area contributed by atoms with Crippen LogP contribution in [0.3, 0.4) is 0 Å². The number of rotatable bonds is 1. The number of halogens is 1. The predicted molar refractivity (Wildman–Crippen MR) is 59.6 cm³/mol. The topological polar surface area (TPSA) is 43.6 Å². The Balaban J connectivity index is 2.22. The van der Waals surface area contributed by atoms with E-state index >= 15 is 0 Å². The second-order valence-corrected chi connectivity index (χ2v) is 4.40. The van der Waals surface area contributed by atoms with Crippen LogP contribution in [0.25, 0.3) is 21.6 Å². The second kappa shape index (κ2) is 3.34. The monoisotopic (exact) mass is 234 g/mol. The summed E-state index contributed by atoms with van der Waals surface area (Å²) < 4.78 is 15.6. The molecule has 0 spiro atoms. The fourth-order valence-corrected chi connectivity index (χ4v) is 2.25. The Morgan fingerprint density at radius 1 is 1.38 bits per heavy atom. The van der Waals surface area contributed by atoms with E-state index in [9.17, 15) is 4.39 Å². The number of nitrogens with zero attached hydrogens (tertiary/aromatic N) is 4. The normalized spacial score (nSPS) is 11.1. The van der Waals surface area contributed by atoms with Crippen molar-refractivity contribution >= 4 is 21.6 Å². The highest BCUT2D eigenvalue weighted by atomic mass is 32.1. The summed E-state index contributed by atoms with van der Waals surface area (Å²) in [7, 11) is 1.86. The first-order valence-corrected chi connectivity index (χ1v) is 5.46. The maximum Gasteiger partial charge on any atom is 0.270 e. The molecule has 0 unspecified atom stereocenters. The highest BCUT2D eigenvalue weighted by Gasteiger charge is 2.08. The van der Waals surface area contributed by atoms with E-state index in [1.807, 2.05) is 29.8 Å². The molecule has 3 aromatic rings. The van der Waals surface area contributed by atoms with Crippen molar-refractivity contribution in [1.29, 1.82) is 0 Å². The van der Waals surface area contributed by atoms with Gasteiger partial charge in [0.2, 0.25) is 0 Å². The van der Waals surface area contributed by atoms with Gasteiger partial charge in [0.15, 0.2) is 5.82 Å². The van der Waals surface area contributed by atoms with Gasteiger partial charge < -0.3 is 4.57 Å². The SMILES string of the molecule is Cn1cnnc1-c1ccc2sc(F)nc2c1. The second-order valence-electron chi connectivity index (χ2n) is 3.41. The van der Waals surface area contributed by atoms with Gasteiger partial charge in [-0.05, 0) is 18.2 Å². The van der Waals surface area contributed by atoms with E-state index < -0.39 is 5.26 Å². The van der Waals surface area contributed by atoms with Crippen molar-refractivity contribution in [2.24, 2.45) is 7.05 Å². The number of thiazole rings is 1. The van der Waals surface area contributed by atoms with E-state index in [0.717, 1.165) is 27.4 Å². The quantitative estimate of drug-likeness (QED) is 0.648. The molecule has 0 fully saturated rings. The first kappa shape index (κ1) is 9.41. The summed E-state index contributed by atoms with van der Waals surface area (Å²) in [4.78, 5) is 3.81. The fourth-order valence-electron chi connectivity index (χ4n) is 1.58. The van der Waals surface area contributed by atoms with Gasteiger partial charge in [0.25, 0.3) is 5.26 Å². The van der Waals surface area contributed by atoms with E-state index in [4.69, 9.17) is 0 Å². The van der Waals surface area contributed by atoms with Crippen LogP contribution in [-0.4, -0.2) is 19.7 Å². The summed E-state index contributed by atoms with van der Waals surface area (Å²) in [6.07, 6.45) is 1.63. The van der Waals surface area contributed by atoms with Crippen LogP contribution >= 0.6 is 11.3 Å². The molecule has 1 aromatic carbocycles. The van der Waals surface area contributed by atoms with E-state index in [0.29, 0.717) is 5.52 Å². The van der Waals surface area contributed by atoms with Crippen molar-refractivity contribution in [3.8, 4) is 11.4 Å². The van der Waals surface area contributed by atoms with Gasteiger partial charge in [0.1, 0.15) is 6.33 Å². The number of aryl methyl sites for hydroxylation is 1. The Morgan fingerprint density at radius 3 is 3.00 bits per heavy atom. The number of hydrogen-bond donors (Lipinski definition) is 0. The smallest absolute Gasteiger partial charge is 0.270 e. The largest absolute Gasteiger partial charge is 0.317 e. The average Bonchev–Trinajstić information content (AvgIpc) is 2.81. The Morgan fingerprint density at radius 2 is 2.25 bits per heavy atom. The molecule has 0 aliphatic heterocycles. The first-order chi connectivity index (χ1) is 7.74. The number of hydrogen-bond acceptors (Lipinski definition) is 4. The summed E-state index contributed by atoms with van der Waals surface area (Å²) >= 11 is 1.04. The lowest BCUT2D eigenvalue weighted by molar-refractivity contribution is 0.620. The van der Waals surface area contributed by atoms with Gasteiger partial charge in [-0.25, -0.2) is 4.98 Å². The minimum absolute atomic E-state index is 0.412. The zero-order valence-electron chi connectivity index (χ0n) is 8.38. The zero-order chi connectivity index (χ0) is 11.1. The molecule has 2 heterocycles. The van der Waals surface area contributed by atoms with Crippen molar-refractivity contribution in [2.45, 2.75) is 0 Å². The lowest BCUT2D eigenvalue weighted by Gasteiger charge is -1.99. The predicted octanol–water partition coefficient (Wildman–Crippen LogP) is 2.23. The van der Waals surface area contributed by atoms with Gasteiger partial charge in [0.05, 0.1) is 10.2 Å². The maximum absolute atomic E-state index is 12.9. The Kier molecular flexibility index (Phi) is 1.97. The molecule has 3 rings (SSSR count). The Hall–Kier alpha value is -1.82. The van der Waals surface area contributed by atoms with E-state index in [1.165, 1.54) is 0 Å².